The molecule has 2 rings (SSSR count). The molecule has 7 nitrogen and oxygen atoms in total. The maximum Gasteiger partial charge on any atom is 0.416 e. The maximum atomic E-state index is 13.7. The van der Waals surface area contributed by atoms with Crippen molar-refractivity contribution in [1.82, 2.24) is 9.38 Å². The minimum atomic E-state index is -4.38. The number of fused-ring (bicyclic) bond motifs is 1. The molecule has 1 atom stereocenters. The predicted octanol–water partition coefficient (Wildman–Crippen LogP) is 2.44. The number of carbonyl (C=O) groups is 1. The molecule has 2 aromatic rings. The molecule has 22 heavy (non-hydrogen) atoms. The average molecular weight is 338 g/mol. The molecule has 2 heterocycles. The first-order valence-corrected chi connectivity index (χ1v) is 5.99. The molecule has 0 aromatic carbocycles. The van der Waals surface area contributed by atoms with Crippen LogP contribution in [-0.2, 0) is 10.7 Å². The normalized spacial score (nSPS) is 13.1. The molecule has 0 fully saturated rings. The third-order valence-electron chi connectivity index (χ3n) is 2.81. The molecule has 0 saturated heterocycles. The zero-order chi connectivity index (χ0) is 16.7. The third-order valence-corrected chi connectivity index (χ3v) is 3.17. The number of alkyl halides is 3. The maximum absolute atomic E-state index is 13.7. The van der Waals surface area contributed by atoms with Crippen LogP contribution in [0, 0.1) is 10.1 Å². The van der Waals surface area contributed by atoms with Gasteiger partial charge in [-0.25, -0.2) is 9.78 Å². The van der Waals surface area contributed by atoms with Gasteiger partial charge in [0.2, 0.25) is 0 Å². The molecule has 0 aliphatic rings. The van der Waals surface area contributed by atoms with Crippen LogP contribution in [0.15, 0.2) is 18.3 Å². The largest absolute Gasteiger partial charge is 0.464 e. The molecule has 0 aliphatic heterocycles. The van der Waals surface area contributed by atoms with Gasteiger partial charge in [-0.1, -0.05) is 11.6 Å². The van der Waals surface area contributed by atoms with E-state index in [1.54, 1.807) is 0 Å². The number of halogens is 4. The number of rotatable bonds is 4. The highest BCUT2D eigenvalue weighted by atomic mass is 35.5. The Morgan fingerprint density at radius 1 is 1.55 bits per heavy atom. The van der Waals surface area contributed by atoms with Gasteiger partial charge in [0.05, 0.1) is 12.0 Å². The standard InChI is InChI=1S/C11H7ClF3N3O4/c1-22-9(19)7-8(12)17-4-5(2-3-6(17)16-7)11(14,15)10(13)18(20)21/h2-4,10H,1H3. The second-order valence-corrected chi connectivity index (χ2v) is 4.49. The first-order chi connectivity index (χ1) is 10.2. The summed E-state index contributed by atoms with van der Waals surface area (Å²) in [6.45, 7) is 0. The van der Waals surface area contributed by atoms with Crippen molar-refractivity contribution < 1.29 is 27.6 Å². The SMILES string of the molecule is COC(=O)c1nc2ccc(C(F)(F)C(F)[N+](=O)[O-])cn2c1Cl. The summed E-state index contributed by atoms with van der Waals surface area (Å²) in [6, 6.07) is 1.78. The van der Waals surface area contributed by atoms with Crippen LogP contribution in [0.3, 0.4) is 0 Å². The van der Waals surface area contributed by atoms with Gasteiger partial charge in [-0.05, 0) is 12.1 Å². The number of nitrogens with zero attached hydrogens (tertiary/aromatic N) is 3. The zero-order valence-electron chi connectivity index (χ0n) is 10.8. The van der Waals surface area contributed by atoms with Gasteiger partial charge in [-0.3, -0.25) is 14.5 Å². The minimum absolute atomic E-state index is 0.0152. The summed E-state index contributed by atoms with van der Waals surface area (Å²) in [5, 5.41) is 9.89. The van der Waals surface area contributed by atoms with E-state index in [0.29, 0.717) is 6.20 Å². The third kappa shape index (κ3) is 2.45. The average Bonchev–Trinajstić information content (AvgIpc) is 2.82. The zero-order valence-corrected chi connectivity index (χ0v) is 11.6. The second kappa shape index (κ2) is 5.44. The van der Waals surface area contributed by atoms with Crippen LogP contribution in [0.5, 0.6) is 0 Å². The topological polar surface area (TPSA) is 86.7 Å². The van der Waals surface area contributed by atoms with Crippen molar-refractivity contribution in [3.63, 3.8) is 0 Å². The number of imidazole rings is 1. The predicted molar refractivity (Wildman–Crippen MR) is 67.3 cm³/mol. The molecule has 0 saturated carbocycles. The highest BCUT2D eigenvalue weighted by Crippen LogP contribution is 2.34. The second-order valence-electron chi connectivity index (χ2n) is 4.13. The lowest BCUT2D eigenvalue weighted by Crippen LogP contribution is -2.34. The summed E-state index contributed by atoms with van der Waals surface area (Å²) >= 11 is 5.82. The van der Waals surface area contributed by atoms with Crippen LogP contribution in [0.4, 0.5) is 13.2 Å². The molecule has 0 spiro atoms. The number of methoxy groups -OCH3 is 1. The molecule has 2 aromatic heterocycles. The van der Waals surface area contributed by atoms with Crippen LogP contribution in [-0.4, -0.2) is 33.7 Å². The molecule has 1 unspecified atom stereocenters. The first-order valence-electron chi connectivity index (χ1n) is 5.62. The number of pyridine rings is 1. The highest BCUT2D eigenvalue weighted by Gasteiger charge is 2.51. The van der Waals surface area contributed by atoms with E-state index in [0.717, 1.165) is 23.6 Å². The number of ether oxygens (including phenoxy) is 1. The van der Waals surface area contributed by atoms with Gasteiger partial charge in [0.25, 0.3) is 0 Å². The summed E-state index contributed by atoms with van der Waals surface area (Å²) in [5.41, 5.74) is -1.29. The lowest BCUT2D eigenvalue weighted by molar-refractivity contribution is -0.585. The lowest BCUT2D eigenvalue weighted by atomic mass is 10.1. The van der Waals surface area contributed by atoms with E-state index >= 15 is 0 Å². The van der Waals surface area contributed by atoms with Gasteiger partial charge >= 0.3 is 18.2 Å². The number of hydrogen-bond acceptors (Lipinski definition) is 5. The lowest BCUT2D eigenvalue weighted by Gasteiger charge is -2.15. The van der Waals surface area contributed by atoms with Crippen molar-refractivity contribution in [1.29, 1.82) is 0 Å². The van der Waals surface area contributed by atoms with E-state index in [2.05, 4.69) is 9.72 Å². The Kier molecular flexibility index (Phi) is 3.96. The Bertz CT molecular complexity index is 764. The summed E-state index contributed by atoms with van der Waals surface area (Å²) < 4.78 is 45.8. The molecular weight excluding hydrogens is 331 g/mol. The molecule has 0 bridgehead atoms. The number of carbonyl (C=O) groups excluding carboxylic acids is 1. The van der Waals surface area contributed by atoms with E-state index in [4.69, 9.17) is 11.6 Å². The molecule has 0 amide bonds. The fourth-order valence-electron chi connectivity index (χ4n) is 1.71. The van der Waals surface area contributed by atoms with Gasteiger partial charge in [-0.15, -0.1) is 0 Å². The Hall–Kier alpha value is -2.36. The van der Waals surface area contributed by atoms with Crippen molar-refractivity contribution >= 4 is 23.2 Å². The molecule has 118 valence electrons. The number of hydrogen-bond donors (Lipinski definition) is 0. The first kappa shape index (κ1) is 16.0. The van der Waals surface area contributed by atoms with Crippen LogP contribution in [0.2, 0.25) is 5.15 Å². The van der Waals surface area contributed by atoms with E-state index < -0.39 is 28.7 Å². The molecule has 0 N–H and O–H groups in total. The quantitative estimate of drug-likeness (QED) is 0.370. The molecule has 0 radical (unpaired) electrons. The summed E-state index contributed by atoms with van der Waals surface area (Å²) in [4.78, 5) is 23.7. The van der Waals surface area contributed by atoms with Crippen molar-refractivity contribution in [3.05, 3.63) is 44.9 Å². The highest BCUT2D eigenvalue weighted by molar-refractivity contribution is 6.32. The van der Waals surface area contributed by atoms with Crippen LogP contribution >= 0.6 is 11.6 Å². The minimum Gasteiger partial charge on any atom is -0.464 e. The smallest absolute Gasteiger partial charge is 0.416 e. The van der Waals surface area contributed by atoms with E-state index in [-0.39, 0.29) is 16.5 Å². The fourth-order valence-corrected chi connectivity index (χ4v) is 1.96. The molecular formula is C11H7ClF3N3O4. The van der Waals surface area contributed by atoms with Gasteiger partial charge in [0.1, 0.15) is 10.8 Å². The molecule has 11 heteroatoms. The summed E-state index contributed by atoms with van der Waals surface area (Å²) in [7, 11) is 1.08. The Labute approximate surface area is 125 Å². The van der Waals surface area contributed by atoms with E-state index in [1.807, 2.05) is 0 Å². The molecule has 0 aliphatic carbocycles. The summed E-state index contributed by atoms with van der Waals surface area (Å²) in [5.74, 6) is -5.27. The van der Waals surface area contributed by atoms with Gasteiger partial charge in [0, 0.05) is 11.8 Å². The summed E-state index contributed by atoms with van der Waals surface area (Å²) in [6.07, 6.45) is -2.94. The van der Waals surface area contributed by atoms with Crippen molar-refractivity contribution in [2.75, 3.05) is 7.11 Å². The Morgan fingerprint density at radius 2 is 2.18 bits per heavy atom. The van der Waals surface area contributed by atoms with Crippen molar-refractivity contribution in [2.45, 2.75) is 12.2 Å². The van der Waals surface area contributed by atoms with Crippen LogP contribution < -0.4 is 0 Å². The van der Waals surface area contributed by atoms with Crippen LogP contribution in [0.1, 0.15) is 16.1 Å². The van der Waals surface area contributed by atoms with Crippen molar-refractivity contribution in [2.24, 2.45) is 0 Å². The number of esters is 1. The Morgan fingerprint density at radius 3 is 2.73 bits per heavy atom. The fraction of sp³-hybridized carbons (Fsp3) is 0.273. The van der Waals surface area contributed by atoms with E-state index in [9.17, 15) is 28.1 Å². The van der Waals surface area contributed by atoms with Gasteiger partial charge < -0.3 is 4.74 Å². The van der Waals surface area contributed by atoms with Gasteiger partial charge in [-0.2, -0.15) is 13.2 Å². The Balaban J connectivity index is 2.58. The van der Waals surface area contributed by atoms with Gasteiger partial charge in [0.15, 0.2) is 5.69 Å². The number of aromatic nitrogens is 2. The van der Waals surface area contributed by atoms with Crippen molar-refractivity contribution in [3.8, 4) is 0 Å². The van der Waals surface area contributed by atoms with E-state index in [1.165, 1.54) is 0 Å². The van der Waals surface area contributed by atoms with Crippen LogP contribution in [0.25, 0.3) is 5.65 Å². The monoisotopic (exact) mass is 337 g/mol. The number of nitro groups is 1.